The van der Waals surface area contributed by atoms with Gasteiger partial charge in [-0.2, -0.15) is 0 Å². The molecule has 0 bridgehead atoms. The molecular weight excluding hydrogens is 314 g/mol. The number of benzene rings is 1. The third-order valence-corrected chi connectivity index (χ3v) is 4.62. The Kier molecular flexibility index (Phi) is 4.37. The van der Waals surface area contributed by atoms with Crippen LogP contribution in [0.25, 0.3) is 11.3 Å². The van der Waals surface area contributed by atoms with Crippen molar-refractivity contribution in [2.75, 3.05) is 0 Å². The second-order valence-corrected chi connectivity index (χ2v) is 6.43. The van der Waals surface area contributed by atoms with E-state index in [0.29, 0.717) is 12.8 Å². The molecule has 3 heterocycles. The quantitative estimate of drug-likeness (QED) is 0.779. The summed E-state index contributed by atoms with van der Waals surface area (Å²) >= 11 is 0. The molecule has 1 unspecified atom stereocenters. The Labute approximate surface area is 146 Å². The number of nitrogens with one attached hydrogen (secondary N) is 1. The molecule has 0 saturated heterocycles. The molecule has 0 radical (unpaired) electrons. The molecule has 128 valence electrons. The molecule has 1 amide bonds. The molecule has 1 aromatic carbocycles. The minimum atomic E-state index is 0.0752. The van der Waals surface area contributed by atoms with E-state index in [-0.39, 0.29) is 11.9 Å². The fourth-order valence-corrected chi connectivity index (χ4v) is 3.29. The van der Waals surface area contributed by atoms with Gasteiger partial charge in [0.05, 0.1) is 0 Å². The Morgan fingerprint density at radius 2 is 2.12 bits per heavy atom. The molecule has 4 rings (SSSR count). The van der Waals surface area contributed by atoms with Gasteiger partial charge >= 0.3 is 0 Å². The van der Waals surface area contributed by atoms with Crippen molar-refractivity contribution in [1.82, 2.24) is 14.9 Å². The number of aromatic nitrogens is 2. The number of aryl methyl sites for hydroxylation is 2. The van der Waals surface area contributed by atoms with Crippen LogP contribution < -0.4 is 5.32 Å². The van der Waals surface area contributed by atoms with Gasteiger partial charge in [0.15, 0.2) is 0 Å². The largest absolute Gasteiger partial charge is 0.461 e. The molecule has 3 aromatic rings. The van der Waals surface area contributed by atoms with Gasteiger partial charge in [-0.1, -0.05) is 30.3 Å². The molecule has 25 heavy (non-hydrogen) atoms. The zero-order chi connectivity index (χ0) is 17.1. The van der Waals surface area contributed by atoms with E-state index in [2.05, 4.69) is 14.9 Å². The van der Waals surface area contributed by atoms with Gasteiger partial charge in [-0.25, -0.2) is 4.98 Å². The van der Waals surface area contributed by atoms with Gasteiger partial charge in [0.1, 0.15) is 17.3 Å². The van der Waals surface area contributed by atoms with Crippen molar-refractivity contribution in [2.24, 2.45) is 0 Å². The highest BCUT2D eigenvalue weighted by molar-refractivity contribution is 5.76. The highest BCUT2D eigenvalue weighted by Gasteiger charge is 2.20. The molecule has 1 aliphatic rings. The van der Waals surface area contributed by atoms with Crippen LogP contribution in [0.15, 0.2) is 59.3 Å². The molecular formula is C20H21N3O2. The number of carbonyl (C=O) groups excluding carboxylic acids is 1. The lowest BCUT2D eigenvalue weighted by molar-refractivity contribution is -0.122. The molecule has 0 saturated carbocycles. The van der Waals surface area contributed by atoms with Crippen molar-refractivity contribution < 1.29 is 9.21 Å². The first-order chi connectivity index (χ1) is 12.3. The van der Waals surface area contributed by atoms with Crippen LogP contribution in [0.1, 0.15) is 24.4 Å². The summed E-state index contributed by atoms with van der Waals surface area (Å²) in [6, 6.07) is 14.1. The first kappa shape index (κ1) is 15.7. The average molecular weight is 335 g/mol. The van der Waals surface area contributed by atoms with E-state index >= 15 is 0 Å². The van der Waals surface area contributed by atoms with Crippen molar-refractivity contribution in [2.45, 2.75) is 38.3 Å². The Balaban J connectivity index is 1.29. The number of imidazole rings is 1. The number of amides is 1. The molecule has 0 spiro atoms. The Bertz CT molecular complexity index is 851. The van der Waals surface area contributed by atoms with Gasteiger partial charge in [-0.15, -0.1) is 0 Å². The van der Waals surface area contributed by atoms with Crippen LogP contribution in [0.4, 0.5) is 0 Å². The zero-order valence-corrected chi connectivity index (χ0v) is 14.0. The van der Waals surface area contributed by atoms with Gasteiger partial charge < -0.3 is 14.3 Å². The van der Waals surface area contributed by atoms with Crippen molar-refractivity contribution in [3.8, 4) is 11.3 Å². The van der Waals surface area contributed by atoms with Crippen LogP contribution >= 0.6 is 0 Å². The Morgan fingerprint density at radius 1 is 1.24 bits per heavy atom. The van der Waals surface area contributed by atoms with E-state index in [0.717, 1.165) is 42.3 Å². The monoisotopic (exact) mass is 335 g/mol. The fourth-order valence-electron chi connectivity index (χ4n) is 3.29. The number of nitrogens with zero attached hydrogens (tertiary/aromatic N) is 2. The summed E-state index contributed by atoms with van der Waals surface area (Å²) < 4.78 is 7.97. The molecule has 1 aliphatic heterocycles. The maximum absolute atomic E-state index is 12.2. The molecule has 5 heteroatoms. The first-order valence-electron chi connectivity index (χ1n) is 8.71. The third kappa shape index (κ3) is 3.65. The fraction of sp³-hybridized carbons (Fsp3) is 0.300. The lowest BCUT2D eigenvalue weighted by Gasteiger charge is -2.24. The van der Waals surface area contributed by atoms with E-state index in [4.69, 9.17) is 4.42 Å². The van der Waals surface area contributed by atoms with Crippen molar-refractivity contribution >= 4 is 5.91 Å². The minimum Gasteiger partial charge on any atom is -0.461 e. The highest BCUT2D eigenvalue weighted by Crippen LogP contribution is 2.22. The predicted octanol–water partition coefficient (Wildman–Crippen LogP) is 3.21. The number of rotatable bonds is 5. The third-order valence-electron chi connectivity index (χ3n) is 4.62. The standard InChI is InChI=1S/C20H21N3O2/c24-20(22-16-6-10-19-21-12-13-23(19)14-16)11-8-17-7-9-18(25-17)15-4-2-1-3-5-15/h1-5,7,9,12-13,16H,6,8,10-11,14H2,(H,22,24). The molecule has 2 aromatic heterocycles. The van der Waals surface area contributed by atoms with Crippen LogP contribution in [0.5, 0.6) is 0 Å². The first-order valence-corrected chi connectivity index (χ1v) is 8.71. The number of fused-ring (bicyclic) bond motifs is 1. The van der Waals surface area contributed by atoms with E-state index < -0.39 is 0 Å². The average Bonchev–Trinajstić information content (AvgIpc) is 3.30. The second-order valence-electron chi connectivity index (χ2n) is 6.43. The zero-order valence-electron chi connectivity index (χ0n) is 14.0. The summed E-state index contributed by atoms with van der Waals surface area (Å²) in [5.74, 6) is 2.87. The Morgan fingerprint density at radius 3 is 3.00 bits per heavy atom. The number of carbonyl (C=O) groups is 1. The molecule has 1 atom stereocenters. The van der Waals surface area contributed by atoms with Crippen LogP contribution in [-0.2, 0) is 24.2 Å². The second kappa shape index (κ2) is 6.97. The summed E-state index contributed by atoms with van der Waals surface area (Å²) in [4.78, 5) is 16.5. The lowest BCUT2D eigenvalue weighted by atomic mass is 10.1. The molecule has 5 nitrogen and oxygen atoms in total. The molecule has 0 fully saturated rings. The van der Waals surface area contributed by atoms with Gasteiger partial charge in [0.25, 0.3) is 0 Å². The van der Waals surface area contributed by atoms with Crippen LogP contribution in [0.3, 0.4) is 0 Å². The van der Waals surface area contributed by atoms with E-state index in [9.17, 15) is 4.79 Å². The maximum Gasteiger partial charge on any atom is 0.220 e. The van der Waals surface area contributed by atoms with Crippen molar-refractivity contribution in [1.29, 1.82) is 0 Å². The molecule has 0 aliphatic carbocycles. The van der Waals surface area contributed by atoms with Gasteiger partial charge in [0.2, 0.25) is 5.91 Å². The van der Waals surface area contributed by atoms with Crippen LogP contribution in [0.2, 0.25) is 0 Å². The summed E-state index contributed by atoms with van der Waals surface area (Å²) in [7, 11) is 0. The molecule has 1 N–H and O–H groups in total. The van der Waals surface area contributed by atoms with Crippen LogP contribution in [-0.4, -0.2) is 21.5 Å². The SMILES string of the molecule is O=C(CCc1ccc(-c2ccccc2)o1)NC1CCc2nccn2C1. The maximum atomic E-state index is 12.2. The van der Waals surface area contributed by atoms with Crippen molar-refractivity contribution in [3.05, 3.63) is 66.4 Å². The predicted molar refractivity (Wildman–Crippen MR) is 94.9 cm³/mol. The smallest absolute Gasteiger partial charge is 0.220 e. The van der Waals surface area contributed by atoms with E-state index in [1.807, 2.05) is 54.9 Å². The van der Waals surface area contributed by atoms with Gasteiger partial charge in [-0.05, 0) is 18.6 Å². The van der Waals surface area contributed by atoms with Crippen LogP contribution in [0, 0.1) is 0 Å². The number of hydrogen-bond acceptors (Lipinski definition) is 3. The number of hydrogen-bond donors (Lipinski definition) is 1. The lowest BCUT2D eigenvalue weighted by Crippen LogP contribution is -2.40. The topological polar surface area (TPSA) is 60.1 Å². The van der Waals surface area contributed by atoms with E-state index in [1.54, 1.807) is 0 Å². The summed E-state index contributed by atoms with van der Waals surface area (Å²) in [5, 5.41) is 3.13. The Hall–Kier alpha value is -2.82. The van der Waals surface area contributed by atoms with Gasteiger partial charge in [-0.3, -0.25) is 4.79 Å². The van der Waals surface area contributed by atoms with E-state index in [1.165, 1.54) is 0 Å². The van der Waals surface area contributed by atoms with Crippen molar-refractivity contribution in [3.63, 3.8) is 0 Å². The minimum absolute atomic E-state index is 0.0752. The highest BCUT2D eigenvalue weighted by atomic mass is 16.3. The number of furan rings is 1. The summed E-state index contributed by atoms with van der Waals surface area (Å²) in [6.45, 7) is 0.806. The summed E-state index contributed by atoms with van der Waals surface area (Å²) in [5.41, 5.74) is 1.05. The normalized spacial score (nSPS) is 16.4. The van der Waals surface area contributed by atoms with Gasteiger partial charge in [0, 0.05) is 49.8 Å². The summed E-state index contributed by atoms with van der Waals surface area (Å²) in [6.07, 6.45) is 6.71.